The molecule has 0 aromatic rings. The zero-order valence-electron chi connectivity index (χ0n) is 31.8. The molecule has 3 aliphatic carbocycles. The van der Waals surface area contributed by atoms with Crippen LogP contribution < -0.4 is 0 Å². The van der Waals surface area contributed by atoms with Crippen molar-refractivity contribution in [3.05, 3.63) is 47.6 Å². The number of rotatable bonds is 9. The van der Waals surface area contributed by atoms with Gasteiger partial charge in [0.15, 0.2) is 16.6 Å². The minimum Gasteiger partial charge on any atom is -0.413 e. The Morgan fingerprint density at radius 3 is 2.02 bits per heavy atom. The smallest absolute Gasteiger partial charge is 0.192 e. The Balaban J connectivity index is 1.90. The van der Waals surface area contributed by atoms with Crippen molar-refractivity contribution in [2.45, 2.75) is 170 Å². The largest absolute Gasteiger partial charge is 0.413 e. The number of hydrogen-bond donors (Lipinski definition) is 0. The van der Waals surface area contributed by atoms with Gasteiger partial charge in [-0.15, -0.1) is 0 Å². The lowest BCUT2D eigenvalue weighted by atomic mass is 9.61. The third-order valence-electron chi connectivity index (χ3n) is 13.2. The van der Waals surface area contributed by atoms with Crippen LogP contribution in [0.1, 0.15) is 121 Å². The molecule has 44 heavy (non-hydrogen) atoms. The first-order chi connectivity index (χ1) is 20.0. The topological polar surface area (TPSA) is 18.5 Å². The molecule has 3 rings (SSSR count). The molecule has 3 saturated carbocycles. The van der Waals surface area contributed by atoms with Crippen LogP contribution in [0.5, 0.6) is 0 Å². The molecular weight excluding hydrogens is 569 g/mol. The van der Waals surface area contributed by atoms with E-state index >= 15 is 0 Å². The molecule has 0 aromatic heterocycles. The fraction of sp³-hybridized carbons (Fsp3) is 0.800. The van der Waals surface area contributed by atoms with Crippen molar-refractivity contribution in [2.75, 3.05) is 0 Å². The SMILES string of the molecule is C=C1/C(=C/C=C2/CCC[C@@]3(C)[C@@H]2CC[C@@H]3[C@H](C)/C=C\[C@H](C)C(C)C)C[C@@H](O[Si](C)(C)C(C)(C)C)C[C@@H]1O[Si](C)(C)C(C)(C)C. The maximum Gasteiger partial charge on any atom is 0.192 e. The third kappa shape index (κ3) is 8.42. The number of hydrogen-bond acceptors (Lipinski definition) is 2. The standard InChI is InChI=1S/C40H72O2Si2/c1-28(2)29(3)19-20-30(4)35-23-24-36-32(18-17-25-40(35,36)12)21-22-33-26-34(41-43(13,14)38(6,7)8)27-37(31(33)5)42-44(15,16)39(9,10)11/h19-22,28-30,34-37H,5,17-18,23-27H2,1-4,6-16H3/b20-19-,32-21-,33-22+/t29-,30+,34+,35+,36+,37-,40+/m0/s1. The predicted octanol–water partition coefficient (Wildman–Crippen LogP) is 12.7. The monoisotopic (exact) mass is 641 g/mol. The Kier molecular flexibility index (Phi) is 11.9. The van der Waals surface area contributed by atoms with Crippen molar-refractivity contribution in [3.63, 3.8) is 0 Å². The zero-order valence-corrected chi connectivity index (χ0v) is 33.8. The van der Waals surface area contributed by atoms with Crippen molar-refractivity contribution in [1.82, 2.24) is 0 Å². The van der Waals surface area contributed by atoms with Gasteiger partial charge in [-0.3, -0.25) is 0 Å². The molecule has 0 bridgehead atoms. The highest BCUT2D eigenvalue weighted by molar-refractivity contribution is 6.74. The summed E-state index contributed by atoms with van der Waals surface area (Å²) in [6.07, 6.45) is 18.8. The Bertz CT molecular complexity index is 1100. The summed E-state index contributed by atoms with van der Waals surface area (Å²) >= 11 is 0. The average Bonchev–Trinajstić information content (AvgIpc) is 3.23. The van der Waals surface area contributed by atoms with Crippen molar-refractivity contribution < 1.29 is 8.85 Å². The van der Waals surface area contributed by atoms with Crippen LogP contribution >= 0.6 is 0 Å². The highest BCUT2D eigenvalue weighted by Gasteiger charge is 2.50. The van der Waals surface area contributed by atoms with Crippen LogP contribution in [0, 0.1) is 35.0 Å². The fourth-order valence-corrected chi connectivity index (χ4v) is 10.3. The van der Waals surface area contributed by atoms with E-state index in [1.54, 1.807) is 5.57 Å². The predicted molar refractivity (Wildman–Crippen MR) is 199 cm³/mol. The van der Waals surface area contributed by atoms with E-state index in [9.17, 15) is 0 Å². The lowest BCUT2D eigenvalue weighted by Crippen LogP contribution is -2.49. The van der Waals surface area contributed by atoms with E-state index < -0.39 is 16.6 Å². The number of allylic oxidation sites excluding steroid dienone is 5. The Labute approximate surface area is 276 Å². The second kappa shape index (κ2) is 13.8. The molecule has 7 atom stereocenters. The summed E-state index contributed by atoms with van der Waals surface area (Å²) in [6.45, 7) is 40.5. The second-order valence-corrected chi connectivity index (χ2v) is 28.2. The highest BCUT2D eigenvalue weighted by atomic mass is 28.4. The molecule has 0 radical (unpaired) electrons. The van der Waals surface area contributed by atoms with Gasteiger partial charge in [0, 0.05) is 6.42 Å². The van der Waals surface area contributed by atoms with Gasteiger partial charge in [-0.25, -0.2) is 0 Å². The van der Waals surface area contributed by atoms with E-state index in [0.29, 0.717) is 29.1 Å². The summed E-state index contributed by atoms with van der Waals surface area (Å²) in [7, 11) is -3.88. The lowest BCUT2D eigenvalue weighted by Gasteiger charge is -2.45. The van der Waals surface area contributed by atoms with E-state index in [2.05, 4.69) is 127 Å². The van der Waals surface area contributed by atoms with Gasteiger partial charge in [0.05, 0.1) is 12.2 Å². The van der Waals surface area contributed by atoms with Crippen molar-refractivity contribution in [3.8, 4) is 0 Å². The molecule has 3 aliphatic rings. The molecule has 3 fully saturated rings. The average molecular weight is 641 g/mol. The minimum atomic E-state index is -1.96. The molecular formula is C40H72O2Si2. The van der Waals surface area contributed by atoms with Crippen LogP contribution in [0.25, 0.3) is 0 Å². The van der Waals surface area contributed by atoms with E-state index in [1.807, 2.05) is 0 Å². The van der Waals surface area contributed by atoms with Crippen LogP contribution in [0.15, 0.2) is 47.6 Å². The summed E-state index contributed by atoms with van der Waals surface area (Å²) in [5.74, 6) is 3.47. The Hall–Kier alpha value is -0.686. The summed E-state index contributed by atoms with van der Waals surface area (Å²) < 4.78 is 14.2. The molecule has 0 unspecified atom stereocenters. The fourth-order valence-electron chi connectivity index (χ4n) is 7.62. The zero-order chi connectivity index (χ0) is 33.5. The highest BCUT2D eigenvalue weighted by Crippen LogP contribution is 2.59. The maximum atomic E-state index is 7.09. The minimum absolute atomic E-state index is 0.0393. The van der Waals surface area contributed by atoms with Crippen molar-refractivity contribution in [2.24, 2.45) is 35.0 Å². The van der Waals surface area contributed by atoms with Gasteiger partial charge in [0.2, 0.25) is 0 Å². The van der Waals surface area contributed by atoms with Crippen molar-refractivity contribution in [1.29, 1.82) is 0 Å². The summed E-state index contributed by atoms with van der Waals surface area (Å²) in [5.41, 5.74) is 4.64. The van der Waals surface area contributed by atoms with Gasteiger partial charge in [-0.2, -0.15) is 0 Å². The molecule has 0 N–H and O–H groups in total. The van der Waals surface area contributed by atoms with Gasteiger partial charge in [0.25, 0.3) is 0 Å². The summed E-state index contributed by atoms with van der Waals surface area (Å²) in [6, 6.07) is 0. The molecule has 0 spiro atoms. The van der Waals surface area contributed by atoms with Gasteiger partial charge in [0.1, 0.15) is 0 Å². The van der Waals surface area contributed by atoms with Gasteiger partial charge >= 0.3 is 0 Å². The van der Waals surface area contributed by atoms with E-state index in [4.69, 9.17) is 15.4 Å². The first-order valence-electron chi connectivity index (χ1n) is 18.1. The molecule has 0 aliphatic heterocycles. The quantitative estimate of drug-likeness (QED) is 0.184. The summed E-state index contributed by atoms with van der Waals surface area (Å²) in [4.78, 5) is 0. The van der Waals surface area contributed by atoms with E-state index in [0.717, 1.165) is 18.8 Å². The van der Waals surface area contributed by atoms with Crippen LogP contribution in [0.3, 0.4) is 0 Å². The maximum absolute atomic E-state index is 7.09. The third-order valence-corrected chi connectivity index (χ3v) is 22.2. The van der Waals surface area contributed by atoms with Gasteiger partial charge in [-0.05, 0) is 121 Å². The van der Waals surface area contributed by atoms with E-state index in [1.165, 1.54) is 43.3 Å². The Morgan fingerprint density at radius 2 is 1.45 bits per heavy atom. The molecule has 4 heteroatoms. The van der Waals surface area contributed by atoms with Gasteiger partial charge < -0.3 is 8.85 Å². The second-order valence-electron chi connectivity index (χ2n) is 18.7. The van der Waals surface area contributed by atoms with Crippen molar-refractivity contribution >= 4 is 16.6 Å². The molecule has 252 valence electrons. The first-order valence-corrected chi connectivity index (χ1v) is 23.9. The first kappa shape index (κ1) is 37.8. The van der Waals surface area contributed by atoms with Crippen LogP contribution in [-0.2, 0) is 8.85 Å². The molecule has 0 saturated heterocycles. The van der Waals surface area contributed by atoms with Crippen LogP contribution in [-0.4, -0.2) is 28.8 Å². The molecule has 0 aromatic carbocycles. The van der Waals surface area contributed by atoms with E-state index in [-0.39, 0.29) is 22.3 Å². The summed E-state index contributed by atoms with van der Waals surface area (Å²) in [5, 5.41) is 0.352. The van der Waals surface area contributed by atoms with Gasteiger partial charge in [-0.1, -0.05) is 113 Å². The number of fused-ring (bicyclic) bond motifs is 1. The van der Waals surface area contributed by atoms with Crippen LogP contribution in [0.2, 0.25) is 36.3 Å². The lowest BCUT2D eigenvalue weighted by molar-refractivity contribution is 0.0969. The molecule has 2 nitrogen and oxygen atoms in total. The Morgan fingerprint density at radius 1 is 0.864 bits per heavy atom. The molecule has 0 heterocycles. The van der Waals surface area contributed by atoms with Crippen LogP contribution in [0.4, 0.5) is 0 Å². The molecule has 0 amide bonds. The normalized spacial score (nSPS) is 32.6.